The number of carboxylic acids is 1. The van der Waals surface area contributed by atoms with Crippen molar-refractivity contribution in [3.63, 3.8) is 0 Å². The number of aromatic carboxylic acids is 1. The van der Waals surface area contributed by atoms with E-state index in [1.54, 1.807) is 0 Å². The maximum atomic E-state index is 10.1. The minimum absolute atomic E-state index is 0. The largest absolute Gasteiger partial charge is 1.00 e. The topological polar surface area (TPSA) is 60.4 Å². The number of carbonyl (C=O) groups is 1. The van der Waals surface area contributed by atoms with Crippen LogP contribution in [0.4, 0.5) is 0 Å². The number of benzene rings is 1. The molecular formula is C7H7NaO3S. The molecular weight excluding hydrogens is 187 g/mol. The van der Waals surface area contributed by atoms with Crippen molar-refractivity contribution in [2.75, 3.05) is 0 Å². The molecule has 0 aliphatic rings. The second-order valence-electron chi connectivity index (χ2n) is 1.83. The van der Waals surface area contributed by atoms with Gasteiger partial charge in [0.1, 0.15) is 5.75 Å². The number of hydrogen-bond donors (Lipinski definition) is 1. The Morgan fingerprint density at radius 3 is 2.00 bits per heavy atom. The van der Waals surface area contributed by atoms with Crippen molar-refractivity contribution in [2.45, 2.75) is 0 Å². The van der Waals surface area contributed by atoms with Gasteiger partial charge in [-0.3, -0.25) is 0 Å². The van der Waals surface area contributed by atoms with Crippen LogP contribution in [0.2, 0.25) is 0 Å². The van der Waals surface area contributed by atoms with Crippen LogP contribution in [0, 0.1) is 0 Å². The summed E-state index contributed by atoms with van der Waals surface area (Å²) >= 11 is 0. The summed E-state index contributed by atoms with van der Waals surface area (Å²) in [4.78, 5) is 10.1. The van der Waals surface area contributed by atoms with E-state index in [0.29, 0.717) is 0 Å². The van der Waals surface area contributed by atoms with E-state index in [1.807, 2.05) is 0 Å². The summed E-state index contributed by atoms with van der Waals surface area (Å²) in [6, 6.07) is 5.16. The molecule has 12 heavy (non-hydrogen) atoms. The van der Waals surface area contributed by atoms with Crippen LogP contribution in [0.1, 0.15) is 10.4 Å². The van der Waals surface area contributed by atoms with Crippen LogP contribution in [0.25, 0.3) is 0 Å². The molecule has 0 radical (unpaired) electrons. The number of aromatic hydroxyl groups is 1. The van der Waals surface area contributed by atoms with Crippen LogP contribution >= 0.6 is 13.5 Å². The fourth-order valence-electron chi connectivity index (χ4n) is 0.598. The summed E-state index contributed by atoms with van der Waals surface area (Å²) in [6.07, 6.45) is 0. The summed E-state index contributed by atoms with van der Waals surface area (Å²) < 4.78 is 0. The zero-order valence-corrected chi connectivity index (χ0v) is 9.57. The first-order valence-corrected chi connectivity index (χ1v) is 2.70. The quantitative estimate of drug-likeness (QED) is 0.481. The molecule has 0 amide bonds. The molecule has 0 fully saturated rings. The summed E-state index contributed by atoms with van der Waals surface area (Å²) in [7, 11) is 0. The number of hydrogen-bond acceptors (Lipinski definition) is 3. The van der Waals surface area contributed by atoms with Gasteiger partial charge in [-0.1, -0.05) is 0 Å². The Balaban J connectivity index is 0. The third kappa shape index (κ3) is 4.01. The summed E-state index contributed by atoms with van der Waals surface area (Å²) in [5, 5.41) is 18.8. The predicted octanol–water partition coefficient (Wildman–Crippen LogP) is -3.13. The average molecular weight is 194 g/mol. The number of phenols is 1. The van der Waals surface area contributed by atoms with Gasteiger partial charge >= 0.3 is 29.6 Å². The van der Waals surface area contributed by atoms with E-state index < -0.39 is 5.97 Å². The Hall–Kier alpha value is -0.160. The molecule has 0 aromatic heterocycles. The van der Waals surface area contributed by atoms with E-state index in [4.69, 9.17) is 5.11 Å². The number of carbonyl (C=O) groups excluding carboxylic acids is 1. The maximum absolute atomic E-state index is 10.1. The fourth-order valence-corrected chi connectivity index (χ4v) is 0.598. The van der Waals surface area contributed by atoms with Gasteiger partial charge in [-0.25, -0.2) is 0 Å². The van der Waals surface area contributed by atoms with Gasteiger partial charge in [0.15, 0.2) is 0 Å². The molecule has 5 heteroatoms. The van der Waals surface area contributed by atoms with Crippen LogP contribution in [-0.2, 0) is 0 Å². The molecule has 0 unspecified atom stereocenters. The molecule has 0 aliphatic heterocycles. The molecule has 0 spiro atoms. The number of carboxylic acid groups (broad SMARTS) is 1. The number of rotatable bonds is 1. The van der Waals surface area contributed by atoms with E-state index in [0.717, 1.165) is 0 Å². The normalized spacial score (nSPS) is 7.67. The first-order chi connectivity index (χ1) is 4.70. The third-order valence-electron chi connectivity index (χ3n) is 1.10. The maximum Gasteiger partial charge on any atom is 1.00 e. The van der Waals surface area contributed by atoms with Gasteiger partial charge in [-0.15, -0.1) is 0 Å². The average Bonchev–Trinajstić information content (AvgIpc) is 1.88. The van der Waals surface area contributed by atoms with Gasteiger partial charge in [-0.05, 0) is 29.8 Å². The third-order valence-corrected chi connectivity index (χ3v) is 1.10. The van der Waals surface area contributed by atoms with Gasteiger partial charge in [0, 0.05) is 0 Å². The van der Waals surface area contributed by atoms with Gasteiger partial charge in [-0.2, -0.15) is 13.5 Å². The first-order valence-electron chi connectivity index (χ1n) is 2.70. The zero-order chi connectivity index (χ0) is 7.56. The van der Waals surface area contributed by atoms with E-state index in [1.165, 1.54) is 24.3 Å². The second kappa shape index (κ2) is 6.37. The van der Waals surface area contributed by atoms with Crippen molar-refractivity contribution in [1.82, 2.24) is 0 Å². The molecule has 3 nitrogen and oxygen atoms in total. The molecule has 0 saturated carbocycles. The molecule has 1 rings (SSSR count). The first kappa shape index (κ1) is 14.4. The van der Waals surface area contributed by atoms with Crippen LogP contribution in [-0.4, -0.2) is 11.1 Å². The van der Waals surface area contributed by atoms with Crippen LogP contribution in [0.3, 0.4) is 0 Å². The summed E-state index contributed by atoms with van der Waals surface area (Å²) in [6.45, 7) is 0. The van der Waals surface area contributed by atoms with E-state index in [9.17, 15) is 9.90 Å². The van der Waals surface area contributed by atoms with Crippen molar-refractivity contribution in [2.24, 2.45) is 0 Å². The molecule has 60 valence electrons. The van der Waals surface area contributed by atoms with Crippen LogP contribution in [0.5, 0.6) is 5.75 Å². The smallest absolute Gasteiger partial charge is 0.545 e. The Kier molecular flexibility index (Phi) is 7.62. The van der Waals surface area contributed by atoms with E-state index in [-0.39, 0.29) is 54.4 Å². The fraction of sp³-hybridized carbons (Fsp3) is 0. The Bertz CT molecular complexity index is 247. The molecule has 1 aromatic rings. The molecule has 0 atom stereocenters. The van der Waals surface area contributed by atoms with Crippen molar-refractivity contribution < 1.29 is 44.6 Å². The van der Waals surface area contributed by atoms with Crippen molar-refractivity contribution >= 4 is 19.5 Å². The molecule has 0 bridgehead atoms. The minimum atomic E-state index is -1.24. The van der Waals surface area contributed by atoms with Gasteiger partial charge < -0.3 is 15.0 Å². The Labute approximate surface area is 99.2 Å². The standard InChI is InChI=1S/C7H6O3.Na.H2S/c8-6-3-1-5(2-4-6)7(9)10;;/h1-4,8H,(H,9,10);;1H2/q;+1;/p-1. The SMILES string of the molecule is O=C([O-])c1ccc(O)cc1.S.[Na+]. The van der Waals surface area contributed by atoms with E-state index >= 15 is 0 Å². The molecule has 0 aliphatic carbocycles. The van der Waals surface area contributed by atoms with Crippen LogP contribution in [0.15, 0.2) is 24.3 Å². The summed E-state index contributed by atoms with van der Waals surface area (Å²) in [5.41, 5.74) is 0.0674. The minimum Gasteiger partial charge on any atom is -0.545 e. The van der Waals surface area contributed by atoms with Gasteiger partial charge in [0.2, 0.25) is 0 Å². The van der Waals surface area contributed by atoms with Crippen LogP contribution < -0.4 is 34.7 Å². The van der Waals surface area contributed by atoms with Crippen molar-refractivity contribution in [3.8, 4) is 5.75 Å². The molecule has 0 heterocycles. The van der Waals surface area contributed by atoms with Gasteiger partial charge in [0.05, 0.1) is 5.97 Å². The molecule has 0 saturated heterocycles. The van der Waals surface area contributed by atoms with Crippen molar-refractivity contribution in [3.05, 3.63) is 29.8 Å². The Morgan fingerprint density at radius 1 is 1.25 bits per heavy atom. The predicted molar refractivity (Wildman–Crippen MR) is 42.8 cm³/mol. The molecule has 1 N–H and O–H groups in total. The summed E-state index contributed by atoms with van der Waals surface area (Å²) in [5.74, 6) is -1.19. The van der Waals surface area contributed by atoms with Gasteiger partial charge in [0.25, 0.3) is 0 Å². The van der Waals surface area contributed by atoms with Crippen molar-refractivity contribution in [1.29, 1.82) is 0 Å². The molecule has 1 aromatic carbocycles. The van der Waals surface area contributed by atoms with E-state index in [2.05, 4.69) is 0 Å². The number of phenolic OH excluding ortho intramolecular Hbond substituents is 1. The zero-order valence-electron chi connectivity index (χ0n) is 6.57. The second-order valence-corrected chi connectivity index (χ2v) is 1.83. The Morgan fingerprint density at radius 2 is 1.67 bits per heavy atom. The monoisotopic (exact) mass is 194 g/mol.